The molecule has 1 saturated carbocycles. The Morgan fingerprint density at radius 3 is 2.92 bits per heavy atom. The highest BCUT2D eigenvalue weighted by Gasteiger charge is 2.46. The third-order valence-corrected chi connectivity index (χ3v) is 3.62. The van der Waals surface area contributed by atoms with Crippen molar-refractivity contribution >= 4 is 11.3 Å². The molecule has 1 aromatic heterocycles. The Morgan fingerprint density at radius 2 is 2.50 bits per heavy atom. The predicted octanol–water partition coefficient (Wildman–Crippen LogP) is 1.81. The maximum absolute atomic E-state index is 5.93. The number of rotatable bonds is 3. The SMILES string of the molecule is CC(N)C1(Cc2nccs2)CC1. The zero-order valence-corrected chi connectivity index (χ0v) is 8.10. The molecule has 0 bridgehead atoms. The van der Waals surface area contributed by atoms with Gasteiger partial charge in [0.2, 0.25) is 0 Å². The molecular formula is C9H14N2S. The fourth-order valence-corrected chi connectivity index (χ4v) is 2.37. The number of hydrogen-bond donors (Lipinski definition) is 1. The first kappa shape index (κ1) is 8.20. The van der Waals surface area contributed by atoms with E-state index in [4.69, 9.17) is 5.73 Å². The zero-order chi connectivity index (χ0) is 8.60. The highest BCUT2D eigenvalue weighted by atomic mass is 32.1. The lowest BCUT2D eigenvalue weighted by Crippen LogP contribution is -2.29. The summed E-state index contributed by atoms with van der Waals surface area (Å²) in [6.07, 6.45) is 5.52. The van der Waals surface area contributed by atoms with Crippen LogP contribution in [0.1, 0.15) is 24.8 Å². The second kappa shape index (κ2) is 2.82. The summed E-state index contributed by atoms with van der Waals surface area (Å²) in [6, 6.07) is 0.321. The quantitative estimate of drug-likeness (QED) is 0.774. The van der Waals surface area contributed by atoms with Crippen molar-refractivity contribution in [2.45, 2.75) is 32.2 Å². The van der Waals surface area contributed by atoms with Crippen molar-refractivity contribution < 1.29 is 0 Å². The summed E-state index contributed by atoms with van der Waals surface area (Å²) in [5, 5.41) is 3.27. The summed E-state index contributed by atoms with van der Waals surface area (Å²) < 4.78 is 0. The van der Waals surface area contributed by atoms with Crippen LogP contribution in [0, 0.1) is 5.41 Å². The predicted molar refractivity (Wildman–Crippen MR) is 51.1 cm³/mol. The first-order valence-electron chi connectivity index (χ1n) is 4.37. The molecule has 2 rings (SSSR count). The van der Waals surface area contributed by atoms with Crippen molar-refractivity contribution in [2.75, 3.05) is 0 Å². The Morgan fingerprint density at radius 1 is 1.75 bits per heavy atom. The molecular weight excluding hydrogens is 168 g/mol. The minimum atomic E-state index is 0.321. The van der Waals surface area contributed by atoms with E-state index < -0.39 is 0 Å². The van der Waals surface area contributed by atoms with Crippen LogP contribution in [0.2, 0.25) is 0 Å². The van der Waals surface area contributed by atoms with Gasteiger partial charge >= 0.3 is 0 Å². The van der Waals surface area contributed by atoms with Crippen LogP contribution in [0.25, 0.3) is 0 Å². The van der Waals surface area contributed by atoms with E-state index in [2.05, 4.69) is 11.9 Å². The van der Waals surface area contributed by atoms with Crippen LogP contribution in [-0.2, 0) is 6.42 Å². The van der Waals surface area contributed by atoms with Crippen molar-refractivity contribution in [3.63, 3.8) is 0 Å². The number of hydrogen-bond acceptors (Lipinski definition) is 3. The van der Waals surface area contributed by atoms with Crippen LogP contribution in [0.3, 0.4) is 0 Å². The largest absolute Gasteiger partial charge is 0.327 e. The van der Waals surface area contributed by atoms with Crippen LogP contribution < -0.4 is 5.73 Å². The standard InChI is InChI=1S/C9H14N2S/c1-7(10)9(2-3-9)6-8-11-4-5-12-8/h4-5,7H,2-3,6,10H2,1H3. The minimum Gasteiger partial charge on any atom is -0.327 e. The van der Waals surface area contributed by atoms with Crippen molar-refractivity contribution in [2.24, 2.45) is 11.1 Å². The van der Waals surface area contributed by atoms with E-state index in [-0.39, 0.29) is 0 Å². The topological polar surface area (TPSA) is 38.9 Å². The fraction of sp³-hybridized carbons (Fsp3) is 0.667. The number of aromatic nitrogens is 1. The fourth-order valence-electron chi connectivity index (χ4n) is 1.60. The lowest BCUT2D eigenvalue weighted by Gasteiger charge is -2.17. The van der Waals surface area contributed by atoms with Crippen molar-refractivity contribution in [1.82, 2.24) is 4.98 Å². The van der Waals surface area contributed by atoms with Gasteiger partial charge in [-0.2, -0.15) is 0 Å². The normalized spacial score (nSPS) is 22.2. The second-order valence-electron chi connectivity index (χ2n) is 3.75. The molecule has 0 saturated heterocycles. The van der Waals surface area contributed by atoms with E-state index in [0.29, 0.717) is 11.5 Å². The van der Waals surface area contributed by atoms with Crippen molar-refractivity contribution in [1.29, 1.82) is 0 Å². The third-order valence-electron chi connectivity index (χ3n) is 2.84. The average Bonchev–Trinajstić information content (AvgIpc) is 2.60. The number of nitrogens with two attached hydrogens (primary N) is 1. The van der Waals surface area contributed by atoms with Gasteiger partial charge in [0.15, 0.2) is 0 Å². The summed E-state index contributed by atoms with van der Waals surface area (Å²) in [6.45, 7) is 2.11. The van der Waals surface area contributed by atoms with Gasteiger partial charge in [-0.05, 0) is 25.2 Å². The van der Waals surface area contributed by atoms with Gasteiger partial charge in [0.1, 0.15) is 0 Å². The Kier molecular flexibility index (Phi) is 1.93. The van der Waals surface area contributed by atoms with E-state index in [0.717, 1.165) is 6.42 Å². The van der Waals surface area contributed by atoms with E-state index in [1.54, 1.807) is 11.3 Å². The van der Waals surface area contributed by atoms with Gasteiger partial charge in [-0.25, -0.2) is 4.98 Å². The lowest BCUT2D eigenvalue weighted by atomic mass is 9.95. The maximum Gasteiger partial charge on any atom is 0.0930 e. The molecule has 0 spiro atoms. The summed E-state index contributed by atoms with van der Waals surface area (Å²) in [4.78, 5) is 4.29. The molecule has 1 unspecified atom stereocenters. The van der Waals surface area contributed by atoms with E-state index in [1.807, 2.05) is 11.6 Å². The lowest BCUT2D eigenvalue weighted by molar-refractivity contribution is 0.418. The van der Waals surface area contributed by atoms with Crippen LogP contribution in [0.5, 0.6) is 0 Å². The first-order valence-corrected chi connectivity index (χ1v) is 5.25. The zero-order valence-electron chi connectivity index (χ0n) is 7.29. The molecule has 66 valence electrons. The molecule has 1 aliphatic rings. The van der Waals surface area contributed by atoms with Gasteiger partial charge in [0, 0.05) is 24.0 Å². The third kappa shape index (κ3) is 1.39. The number of thiazole rings is 1. The second-order valence-corrected chi connectivity index (χ2v) is 4.73. The van der Waals surface area contributed by atoms with Gasteiger partial charge < -0.3 is 5.73 Å². The Balaban J connectivity index is 2.04. The summed E-state index contributed by atoms with van der Waals surface area (Å²) >= 11 is 1.74. The van der Waals surface area contributed by atoms with Gasteiger partial charge in [0.25, 0.3) is 0 Å². The Labute approximate surface area is 76.8 Å². The molecule has 3 heteroatoms. The molecule has 1 fully saturated rings. The molecule has 2 N–H and O–H groups in total. The highest BCUT2D eigenvalue weighted by Crippen LogP contribution is 2.50. The van der Waals surface area contributed by atoms with Gasteiger partial charge in [-0.1, -0.05) is 0 Å². The molecule has 1 heterocycles. The van der Waals surface area contributed by atoms with Gasteiger partial charge in [-0.15, -0.1) is 11.3 Å². The van der Waals surface area contributed by atoms with Crippen LogP contribution in [0.4, 0.5) is 0 Å². The van der Waals surface area contributed by atoms with Crippen molar-refractivity contribution in [3.05, 3.63) is 16.6 Å². The molecule has 0 aromatic carbocycles. The molecule has 0 amide bonds. The summed E-state index contributed by atoms with van der Waals surface area (Å²) in [7, 11) is 0. The monoisotopic (exact) mass is 182 g/mol. The molecule has 1 aromatic rings. The smallest absolute Gasteiger partial charge is 0.0930 e. The molecule has 1 atom stereocenters. The van der Waals surface area contributed by atoms with E-state index in [9.17, 15) is 0 Å². The summed E-state index contributed by atoms with van der Waals surface area (Å²) in [5.41, 5.74) is 6.33. The van der Waals surface area contributed by atoms with Gasteiger partial charge in [-0.3, -0.25) is 0 Å². The molecule has 0 radical (unpaired) electrons. The minimum absolute atomic E-state index is 0.321. The molecule has 0 aliphatic heterocycles. The van der Waals surface area contributed by atoms with Gasteiger partial charge in [0.05, 0.1) is 5.01 Å². The van der Waals surface area contributed by atoms with E-state index in [1.165, 1.54) is 17.8 Å². The average molecular weight is 182 g/mol. The van der Waals surface area contributed by atoms with E-state index >= 15 is 0 Å². The van der Waals surface area contributed by atoms with Crippen LogP contribution in [0.15, 0.2) is 11.6 Å². The first-order chi connectivity index (χ1) is 5.73. The van der Waals surface area contributed by atoms with Crippen LogP contribution >= 0.6 is 11.3 Å². The van der Waals surface area contributed by atoms with Crippen molar-refractivity contribution in [3.8, 4) is 0 Å². The summed E-state index contributed by atoms with van der Waals surface area (Å²) in [5.74, 6) is 0. The molecule has 1 aliphatic carbocycles. The van der Waals surface area contributed by atoms with Crippen LogP contribution in [-0.4, -0.2) is 11.0 Å². The maximum atomic E-state index is 5.93. The molecule has 12 heavy (non-hydrogen) atoms. The number of nitrogens with zero attached hydrogens (tertiary/aromatic N) is 1. The Bertz CT molecular complexity index is 250. The Hall–Kier alpha value is -0.410. The highest BCUT2D eigenvalue weighted by molar-refractivity contribution is 7.09. The molecule has 2 nitrogen and oxygen atoms in total.